The summed E-state index contributed by atoms with van der Waals surface area (Å²) in [6.45, 7) is 1.80. The SMILES string of the molecule is Cc1cccc(Cc2cnc(NC(=O)Cn3cnc4c(cnn4C)c3=O)s2)c1Cl. The highest BCUT2D eigenvalue weighted by molar-refractivity contribution is 7.15. The average molecular weight is 429 g/mol. The lowest BCUT2D eigenvalue weighted by Crippen LogP contribution is -2.27. The second-order valence-corrected chi connectivity index (χ2v) is 8.08. The van der Waals surface area contributed by atoms with Crippen molar-refractivity contribution in [2.75, 3.05) is 5.32 Å². The molecule has 0 saturated heterocycles. The molecule has 4 rings (SSSR count). The molecule has 1 amide bonds. The number of carbonyl (C=O) groups is 1. The number of nitrogens with zero attached hydrogens (tertiary/aromatic N) is 5. The standard InChI is InChI=1S/C19H17ClN6O2S/c1-11-4-3-5-12(16(11)20)6-13-7-21-19(29-13)24-15(27)9-26-10-22-17-14(18(26)28)8-23-25(17)2/h3-5,7-8,10H,6,9H2,1-2H3,(H,21,24,27). The van der Waals surface area contributed by atoms with E-state index >= 15 is 0 Å². The van der Waals surface area contributed by atoms with E-state index in [1.807, 2.05) is 25.1 Å². The summed E-state index contributed by atoms with van der Waals surface area (Å²) in [4.78, 5) is 34.2. The van der Waals surface area contributed by atoms with Crippen LogP contribution in [0.4, 0.5) is 5.13 Å². The van der Waals surface area contributed by atoms with E-state index in [0.717, 1.165) is 21.0 Å². The van der Waals surface area contributed by atoms with Gasteiger partial charge in [-0.05, 0) is 18.1 Å². The first kappa shape index (κ1) is 19.3. The molecule has 0 spiro atoms. The van der Waals surface area contributed by atoms with Gasteiger partial charge in [-0.2, -0.15) is 5.10 Å². The fraction of sp³-hybridized carbons (Fsp3) is 0.211. The largest absolute Gasteiger partial charge is 0.300 e. The Bertz CT molecular complexity index is 1280. The fourth-order valence-electron chi connectivity index (χ4n) is 2.97. The van der Waals surface area contributed by atoms with E-state index in [4.69, 9.17) is 11.6 Å². The topological polar surface area (TPSA) is 94.7 Å². The van der Waals surface area contributed by atoms with Gasteiger partial charge in [-0.1, -0.05) is 29.8 Å². The average Bonchev–Trinajstić information content (AvgIpc) is 3.28. The molecule has 148 valence electrons. The van der Waals surface area contributed by atoms with Crippen molar-refractivity contribution in [2.24, 2.45) is 7.05 Å². The number of thiazole rings is 1. The molecule has 0 atom stereocenters. The number of hydrogen-bond donors (Lipinski definition) is 1. The fourth-order valence-corrected chi connectivity index (χ4v) is 4.02. The van der Waals surface area contributed by atoms with Crippen LogP contribution in [-0.4, -0.2) is 30.2 Å². The first-order valence-electron chi connectivity index (χ1n) is 8.78. The van der Waals surface area contributed by atoms with Gasteiger partial charge in [-0.15, -0.1) is 11.3 Å². The van der Waals surface area contributed by atoms with Crippen LogP contribution in [0.5, 0.6) is 0 Å². The maximum atomic E-state index is 12.5. The third-order valence-electron chi connectivity index (χ3n) is 4.47. The minimum Gasteiger partial charge on any atom is -0.300 e. The Morgan fingerprint density at radius 3 is 2.93 bits per heavy atom. The van der Waals surface area contributed by atoms with Gasteiger partial charge >= 0.3 is 0 Å². The third kappa shape index (κ3) is 3.92. The summed E-state index contributed by atoms with van der Waals surface area (Å²) >= 11 is 7.73. The minimum absolute atomic E-state index is 0.157. The third-order valence-corrected chi connectivity index (χ3v) is 5.92. The summed E-state index contributed by atoms with van der Waals surface area (Å²) in [5.41, 5.74) is 2.20. The molecule has 1 N–H and O–H groups in total. The highest BCUT2D eigenvalue weighted by atomic mass is 35.5. The Kier molecular flexibility index (Phi) is 5.16. The Labute approximate surface area is 174 Å². The molecule has 0 unspecified atom stereocenters. The Balaban J connectivity index is 1.45. The zero-order valence-corrected chi connectivity index (χ0v) is 17.3. The van der Waals surface area contributed by atoms with Gasteiger partial charge in [-0.25, -0.2) is 9.97 Å². The van der Waals surface area contributed by atoms with Crippen LogP contribution in [-0.2, 0) is 24.8 Å². The quantitative estimate of drug-likeness (QED) is 0.527. The van der Waals surface area contributed by atoms with Crippen molar-refractivity contribution in [2.45, 2.75) is 19.9 Å². The number of aromatic nitrogens is 5. The molecule has 0 saturated carbocycles. The highest BCUT2D eigenvalue weighted by Gasteiger charge is 2.13. The van der Waals surface area contributed by atoms with Crippen molar-refractivity contribution in [3.05, 3.63) is 68.3 Å². The lowest BCUT2D eigenvalue weighted by molar-refractivity contribution is -0.116. The minimum atomic E-state index is -0.355. The van der Waals surface area contributed by atoms with E-state index in [1.54, 1.807) is 13.2 Å². The molecule has 8 nitrogen and oxygen atoms in total. The van der Waals surface area contributed by atoms with E-state index in [-0.39, 0.29) is 18.0 Å². The van der Waals surface area contributed by atoms with Crippen molar-refractivity contribution >= 4 is 45.0 Å². The number of anilines is 1. The van der Waals surface area contributed by atoms with E-state index in [2.05, 4.69) is 20.4 Å². The Morgan fingerprint density at radius 1 is 1.28 bits per heavy atom. The van der Waals surface area contributed by atoms with Gasteiger partial charge in [0.25, 0.3) is 5.56 Å². The molecule has 4 aromatic rings. The number of benzene rings is 1. The molecule has 0 fully saturated rings. The molecule has 0 radical (unpaired) electrons. The number of amides is 1. The smallest absolute Gasteiger partial charge is 0.264 e. The van der Waals surface area contributed by atoms with E-state index in [1.165, 1.54) is 33.1 Å². The van der Waals surface area contributed by atoms with Crippen LogP contribution in [0.15, 0.2) is 41.7 Å². The van der Waals surface area contributed by atoms with Crippen LogP contribution in [0.1, 0.15) is 16.0 Å². The predicted molar refractivity (Wildman–Crippen MR) is 113 cm³/mol. The molecule has 29 heavy (non-hydrogen) atoms. The first-order chi connectivity index (χ1) is 13.9. The molecule has 3 aromatic heterocycles. The van der Waals surface area contributed by atoms with Crippen LogP contribution >= 0.6 is 22.9 Å². The molecule has 0 aliphatic rings. The van der Waals surface area contributed by atoms with Gasteiger partial charge in [0, 0.05) is 29.6 Å². The Morgan fingerprint density at radius 2 is 2.10 bits per heavy atom. The predicted octanol–water partition coefficient (Wildman–Crippen LogP) is 2.78. The first-order valence-corrected chi connectivity index (χ1v) is 9.97. The van der Waals surface area contributed by atoms with Crippen LogP contribution in [0.25, 0.3) is 11.0 Å². The second kappa shape index (κ2) is 7.76. The molecular formula is C19H17ClN6O2S. The summed E-state index contributed by atoms with van der Waals surface area (Å²) < 4.78 is 2.76. The van der Waals surface area contributed by atoms with Gasteiger partial charge in [0.05, 0.1) is 6.20 Å². The van der Waals surface area contributed by atoms with E-state index in [0.29, 0.717) is 22.6 Å². The zero-order chi connectivity index (χ0) is 20.5. The number of carbonyl (C=O) groups excluding carboxylic acids is 1. The number of halogens is 1. The van der Waals surface area contributed by atoms with Crippen LogP contribution in [0.2, 0.25) is 5.02 Å². The summed E-state index contributed by atoms with van der Waals surface area (Å²) in [6.07, 6.45) is 5.14. The number of nitrogens with one attached hydrogen (secondary N) is 1. The molecule has 0 bridgehead atoms. The van der Waals surface area contributed by atoms with Crippen LogP contribution in [0.3, 0.4) is 0 Å². The van der Waals surface area contributed by atoms with Crippen molar-refractivity contribution in [3.63, 3.8) is 0 Å². The molecule has 0 aliphatic heterocycles. The van der Waals surface area contributed by atoms with Crippen LogP contribution in [0, 0.1) is 6.92 Å². The summed E-state index contributed by atoms with van der Waals surface area (Å²) in [5.74, 6) is -0.355. The molecule has 3 heterocycles. The lowest BCUT2D eigenvalue weighted by Gasteiger charge is -2.05. The molecule has 10 heteroatoms. The van der Waals surface area contributed by atoms with E-state index < -0.39 is 0 Å². The number of fused-ring (bicyclic) bond motifs is 1. The number of aryl methyl sites for hydroxylation is 2. The van der Waals surface area contributed by atoms with Crippen molar-refractivity contribution in [1.29, 1.82) is 0 Å². The summed E-state index contributed by atoms with van der Waals surface area (Å²) in [6, 6.07) is 5.90. The van der Waals surface area contributed by atoms with Gasteiger partial charge in [0.15, 0.2) is 10.8 Å². The lowest BCUT2D eigenvalue weighted by atomic mass is 10.1. The summed E-state index contributed by atoms with van der Waals surface area (Å²) in [7, 11) is 1.70. The normalized spacial score (nSPS) is 11.1. The number of rotatable bonds is 5. The van der Waals surface area contributed by atoms with Gasteiger partial charge in [0.1, 0.15) is 18.3 Å². The highest BCUT2D eigenvalue weighted by Crippen LogP contribution is 2.26. The number of hydrogen-bond acceptors (Lipinski definition) is 6. The maximum absolute atomic E-state index is 12.5. The van der Waals surface area contributed by atoms with Gasteiger partial charge < -0.3 is 5.32 Å². The van der Waals surface area contributed by atoms with Crippen molar-refractivity contribution < 1.29 is 4.79 Å². The van der Waals surface area contributed by atoms with Gasteiger partial charge in [-0.3, -0.25) is 18.8 Å². The second-order valence-electron chi connectivity index (χ2n) is 6.59. The molecular weight excluding hydrogens is 412 g/mol. The van der Waals surface area contributed by atoms with Crippen molar-refractivity contribution in [3.8, 4) is 0 Å². The van der Waals surface area contributed by atoms with Crippen LogP contribution < -0.4 is 10.9 Å². The monoisotopic (exact) mass is 428 g/mol. The molecule has 1 aromatic carbocycles. The Hall–Kier alpha value is -3.04. The summed E-state index contributed by atoms with van der Waals surface area (Å²) in [5, 5.41) is 8.33. The van der Waals surface area contributed by atoms with E-state index in [9.17, 15) is 9.59 Å². The molecule has 0 aliphatic carbocycles. The van der Waals surface area contributed by atoms with Crippen molar-refractivity contribution in [1.82, 2.24) is 24.3 Å². The maximum Gasteiger partial charge on any atom is 0.264 e. The van der Waals surface area contributed by atoms with Gasteiger partial charge in [0.2, 0.25) is 5.91 Å². The zero-order valence-electron chi connectivity index (χ0n) is 15.7.